The van der Waals surface area contributed by atoms with Gasteiger partial charge in [-0.2, -0.15) is 18.4 Å². The highest BCUT2D eigenvalue weighted by Gasteiger charge is 2.34. The number of nitrogens with zero attached hydrogens (tertiary/aromatic N) is 2. The van der Waals surface area contributed by atoms with Crippen LogP contribution in [0, 0.1) is 11.3 Å². The second-order valence-corrected chi connectivity index (χ2v) is 5.09. The Bertz CT molecular complexity index is 517. The van der Waals surface area contributed by atoms with Crippen LogP contribution in [-0.4, -0.2) is 12.6 Å². The molecule has 0 saturated carbocycles. The molecular weight excluding hydrogens is 265 g/mol. The van der Waals surface area contributed by atoms with Crippen LogP contribution in [-0.2, 0) is 6.18 Å². The summed E-state index contributed by atoms with van der Waals surface area (Å²) < 4.78 is 39.0. The third-order valence-corrected chi connectivity index (χ3v) is 3.86. The van der Waals surface area contributed by atoms with E-state index in [-0.39, 0.29) is 11.6 Å². The minimum atomic E-state index is -4.49. The normalized spacial score (nSPS) is 19.8. The molecule has 0 bridgehead atoms. The topological polar surface area (TPSA) is 27.0 Å². The van der Waals surface area contributed by atoms with Gasteiger partial charge in [0.2, 0.25) is 0 Å². The van der Waals surface area contributed by atoms with Gasteiger partial charge in [-0.05, 0) is 43.9 Å². The maximum absolute atomic E-state index is 13.0. The van der Waals surface area contributed by atoms with Gasteiger partial charge in [0.05, 0.1) is 17.2 Å². The zero-order chi connectivity index (χ0) is 14.8. The van der Waals surface area contributed by atoms with Crippen molar-refractivity contribution in [3.8, 4) is 6.07 Å². The van der Waals surface area contributed by atoms with Gasteiger partial charge >= 0.3 is 6.18 Å². The Morgan fingerprint density at radius 1 is 1.35 bits per heavy atom. The van der Waals surface area contributed by atoms with Gasteiger partial charge < -0.3 is 4.90 Å². The molecule has 2 nitrogen and oxygen atoms in total. The van der Waals surface area contributed by atoms with E-state index in [0.29, 0.717) is 5.69 Å². The van der Waals surface area contributed by atoms with Crippen molar-refractivity contribution in [2.45, 2.75) is 44.8 Å². The standard InChI is InChI=1S/C15H17F3N2/c1-2-12-5-3-4-8-20(12)13-7-6-11(10-19)14(9-13)15(16,17)18/h6-7,9,12H,2-5,8H2,1H3/t12-/m1/s1. The third-order valence-electron chi connectivity index (χ3n) is 3.86. The molecule has 0 amide bonds. The fraction of sp³-hybridized carbons (Fsp3) is 0.533. The Labute approximate surface area is 116 Å². The quantitative estimate of drug-likeness (QED) is 0.806. The number of anilines is 1. The number of hydrogen-bond donors (Lipinski definition) is 0. The average Bonchev–Trinajstić information content (AvgIpc) is 2.45. The minimum Gasteiger partial charge on any atom is -0.369 e. The van der Waals surface area contributed by atoms with Crippen molar-refractivity contribution in [1.82, 2.24) is 0 Å². The van der Waals surface area contributed by atoms with Crippen LogP contribution in [0.25, 0.3) is 0 Å². The number of piperidine rings is 1. The second-order valence-electron chi connectivity index (χ2n) is 5.09. The Morgan fingerprint density at radius 3 is 2.70 bits per heavy atom. The van der Waals surface area contributed by atoms with Crippen molar-refractivity contribution in [2.24, 2.45) is 0 Å². The van der Waals surface area contributed by atoms with Crippen LogP contribution in [0.5, 0.6) is 0 Å². The molecule has 5 heteroatoms. The first-order valence-corrected chi connectivity index (χ1v) is 6.85. The number of nitriles is 1. The lowest BCUT2D eigenvalue weighted by atomic mass is 9.98. The Morgan fingerprint density at radius 2 is 2.10 bits per heavy atom. The minimum absolute atomic E-state index is 0.290. The molecular formula is C15H17F3N2. The first-order chi connectivity index (χ1) is 9.47. The molecule has 20 heavy (non-hydrogen) atoms. The van der Waals surface area contributed by atoms with E-state index in [2.05, 4.69) is 6.92 Å². The lowest BCUT2D eigenvalue weighted by Gasteiger charge is -2.37. The summed E-state index contributed by atoms with van der Waals surface area (Å²) in [5.74, 6) is 0. The highest BCUT2D eigenvalue weighted by Crippen LogP contribution is 2.36. The van der Waals surface area contributed by atoms with Crippen molar-refractivity contribution in [1.29, 1.82) is 5.26 Å². The summed E-state index contributed by atoms with van der Waals surface area (Å²) in [6.45, 7) is 2.83. The van der Waals surface area contributed by atoms with Crippen LogP contribution in [0.4, 0.5) is 18.9 Å². The lowest BCUT2D eigenvalue weighted by Crippen LogP contribution is -2.39. The van der Waals surface area contributed by atoms with Gasteiger partial charge in [-0.15, -0.1) is 0 Å². The molecule has 1 aromatic carbocycles. The summed E-state index contributed by atoms with van der Waals surface area (Å²) in [5.41, 5.74) is -0.577. The van der Waals surface area contributed by atoms with Crippen LogP contribution in [0.2, 0.25) is 0 Å². The van der Waals surface area contributed by atoms with Crippen LogP contribution in [0.3, 0.4) is 0 Å². The molecule has 0 aliphatic carbocycles. The number of benzene rings is 1. The molecule has 1 fully saturated rings. The van der Waals surface area contributed by atoms with Crippen molar-refractivity contribution in [3.05, 3.63) is 29.3 Å². The van der Waals surface area contributed by atoms with Crippen molar-refractivity contribution in [2.75, 3.05) is 11.4 Å². The zero-order valence-corrected chi connectivity index (χ0v) is 11.4. The molecule has 1 aromatic rings. The van der Waals surface area contributed by atoms with Crippen LogP contribution in [0.1, 0.15) is 43.7 Å². The molecule has 1 atom stereocenters. The fourth-order valence-corrected chi connectivity index (χ4v) is 2.81. The zero-order valence-electron chi connectivity index (χ0n) is 11.4. The Kier molecular flexibility index (Phi) is 4.22. The van der Waals surface area contributed by atoms with Gasteiger partial charge in [-0.25, -0.2) is 0 Å². The average molecular weight is 282 g/mol. The first-order valence-electron chi connectivity index (χ1n) is 6.85. The van der Waals surface area contributed by atoms with Gasteiger partial charge in [-0.3, -0.25) is 0 Å². The molecule has 0 radical (unpaired) electrons. The number of rotatable bonds is 2. The van der Waals surface area contributed by atoms with Crippen LogP contribution in [0.15, 0.2) is 18.2 Å². The SMILES string of the molecule is CC[C@@H]1CCCCN1c1ccc(C#N)c(C(F)(F)F)c1. The van der Waals surface area contributed by atoms with E-state index in [1.54, 1.807) is 12.1 Å². The van der Waals surface area contributed by atoms with Crippen LogP contribution >= 0.6 is 0 Å². The monoisotopic (exact) mass is 282 g/mol. The summed E-state index contributed by atoms with van der Waals surface area (Å²) in [7, 11) is 0. The fourth-order valence-electron chi connectivity index (χ4n) is 2.81. The summed E-state index contributed by atoms with van der Waals surface area (Å²) in [6.07, 6.45) is -0.437. The van der Waals surface area contributed by atoms with E-state index in [4.69, 9.17) is 5.26 Å². The van der Waals surface area contributed by atoms with E-state index in [1.165, 1.54) is 6.07 Å². The van der Waals surface area contributed by atoms with Crippen molar-refractivity contribution < 1.29 is 13.2 Å². The maximum Gasteiger partial charge on any atom is 0.417 e. The van der Waals surface area contributed by atoms with E-state index >= 15 is 0 Å². The van der Waals surface area contributed by atoms with Crippen LogP contribution < -0.4 is 4.90 Å². The smallest absolute Gasteiger partial charge is 0.369 e. The van der Waals surface area contributed by atoms with Gasteiger partial charge in [0.1, 0.15) is 0 Å². The summed E-state index contributed by atoms with van der Waals surface area (Å²) >= 11 is 0. The lowest BCUT2D eigenvalue weighted by molar-refractivity contribution is -0.137. The third kappa shape index (κ3) is 2.90. The van der Waals surface area contributed by atoms with E-state index in [9.17, 15) is 13.2 Å². The Balaban J connectivity index is 2.40. The Hall–Kier alpha value is -1.70. The molecule has 1 heterocycles. The number of alkyl halides is 3. The van der Waals surface area contributed by atoms with Crippen molar-refractivity contribution in [3.63, 3.8) is 0 Å². The predicted octanol–water partition coefficient (Wildman–Crippen LogP) is 4.35. The molecule has 1 aliphatic heterocycles. The molecule has 0 spiro atoms. The highest BCUT2D eigenvalue weighted by atomic mass is 19.4. The predicted molar refractivity (Wildman–Crippen MR) is 71.4 cm³/mol. The molecule has 108 valence electrons. The largest absolute Gasteiger partial charge is 0.417 e. The molecule has 2 rings (SSSR count). The summed E-state index contributed by atoms with van der Waals surface area (Å²) in [6, 6.07) is 5.93. The first kappa shape index (κ1) is 14.7. The highest BCUT2D eigenvalue weighted by molar-refractivity contribution is 5.55. The summed E-state index contributed by atoms with van der Waals surface area (Å²) in [4.78, 5) is 2.04. The van der Waals surface area contributed by atoms with E-state index < -0.39 is 11.7 Å². The maximum atomic E-state index is 13.0. The van der Waals surface area contributed by atoms with Gasteiger partial charge in [-0.1, -0.05) is 6.92 Å². The summed E-state index contributed by atoms with van der Waals surface area (Å²) in [5, 5.41) is 8.82. The van der Waals surface area contributed by atoms with Crippen molar-refractivity contribution >= 4 is 5.69 Å². The van der Waals surface area contributed by atoms with E-state index in [1.807, 2.05) is 4.90 Å². The van der Waals surface area contributed by atoms with Gasteiger partial charge in [0.25, 0.3) is 0 Å². The molecule has 0 aromatic heterocycles. The van der Waals surface area contributed by atoms with Gasteiger partial charge in [0.15, 0.2) is 0 Å². The van der Waals surface area contributed by atoms with E-state index in [0.717, 1.165) is 38.3 Å². The molecule has 0 unspecified atom stereocenters. The molecule has 1 aliphatic rings. The number of halogens is 3. The second kappa shape index (κ2) is 5.74. The molecule has 0 N–H and O–H groups in total. The number of hydrogen-bond acceptors (Lipinski definition) is 2. The van der Waals surface area contributed by atoms with Gasteiger partial charge in [0, 0.05) is 18.3 Å². The molecule has 1 saturated heterocycles.